The summed E-state index contributed by atoms with van der Waals surface area (Å²) in [5, 5.41) is 3.42. The highest BCUT2D eigenvalue weighted by Crippen LogP contribution is 2.29. The molecule has 16 heavy (non-hydrogen) atoms. The molecule has 0 radical (unpaired) electrons. The van der Waals surface area contributed by atoms with E-state index in [1.807, 2.05) is 6.07 Å². The van der Waals surface area contributed by atoms with Crippen molar-refractivity contribution in [3.8, 4) is 0 Å². The maximum atomic E-state index is 12.9. The smallest absolute Gasteiger partial charge is 0.123 e. The summed E-state index contributed by atoms with van der Waals surface area (Å²) in [6, 6.07) is 6.82. The Labute approximate surface area is 97.1 Å². The molecule has 1 fully saturated rings. The van der Waals surface area contributed by atoms with E-state index in [2.05, 4.69) is 12.2 Å². The molecule has 1 N–H and O–H groups in total. The molecule has 1 aromatic rings. The van der Waals surface area contributed by atoms with Crippen LogP contribution in [0, 0.1) is 17.7 Å². The molecule has 1 aliphatic rings. The Kier molecular flexibility index (Phi) is 3.94. The van der Waals surface area contributed by atoms with Gasteiger partial charge in [0.05, 0.1) is 0 Å². The lowest BCUT2D eigenvalue weighted by Crippen LogP contribution is -2.20. The summed E-state index contributed by atoms with van der Waals surface area (Å²) in [5.74, 6) is 1.57. The van der Waals surface area contributed by atoms with Gasteiger partial charge in [0, 0.05) is 6.54 Å². The van der Waals surface area contributed by atoms with Crippen LogP contribution in [0.2, 0.25) is 0 Å². The average Bonchev–Trinajstić information content (AvgIpc) is 2.64. The second-order valence-corrected chi connectivity index (χ2v) is 5.05. The molecule has 1 aromatic carbocycles. The van der Waals surface area contributed by atoms with Crippen molar-refractivity contribution in [3.05, 3.63) is 35.6 Å². The summed E-state index contributed by atoms with van der Waals surface area (Å²) in [6.45, 7) is 4.18. The third kappa shape index (κ3) is 3.31. The van der Waals surface area contributed by atoms with Crippen molar-refractivity contribution < 1.29 is 4.39 Å². The van der Waals surface area contributed by atoms with Gasteiger partial charge >= 0.3 is 0 Å². The van der Waals surface area contributed by atoms with E-state index in [0.717, 1.165) is 30.5 Å². The Morgan fingerprint density at radius 2 is 2.25 bits per heavy atom. The third-order valence-electron chi connectivity index (χ3n) is 3.45. The molecule has 0 bridgehead atoms. The first-order chi connectivity index (χ1) is 7.74. The zero-order valence-electron chi connectivity index (χ0n) is 9.88. The zero-order valence-corrected chi connectivity index (χ0v) is 9.88. The van der Waals surface area contributed by atoms with Gasteiger partial charge in [-0.2, -0.15) is 0 Å². The molecule has 1 nitrogen and oxygen atoms in total. The Balaban J connectivity index is 1.72. The Morgan fingerprint density at radius 3 is 2.94 bits per heavy atom. The van der Waals surface area contributed by atoms with Crippen LogP contribution >= 0.6 is 0 Å². The highest BCUT2D eigenvalue weighted by molar-refractivity contribution is 5.15. The minimum absolute atomic E-state index is 0.145. The van der Waals surface area contributed by atoms with Crippen molar-refractivity contribution in [2.75, 3.05) is 6.54 Å². The minimum Gasteiger partial charge on any atom is -0.312 e. The summed E-state index contributed by atoms with van der Waals surface area (Å²) in [6.07, 6.45) is 4.06. The van der Waals surface area contributed by atoms with Gasteiger partial charge in [0.2, 0.25) is 0 Å². The second kappa shape index (κ2) is 5.44. The van der Waals surface area contributed by atoms with E-state index in [0.29, 0.717) is 0 Å². The van der Waals surface area contributed by atoms with Gasteiger partial charge in [0.1, 0.15) is 5.82 Å². The fourth-order valence-electron chi connectivity index (χ4n) is 2.58. The number of rotatable bonds is 4. The van der Waals surface area contributed by atoms with Crippen molar-refractivity contribution in [2.45, 2.75) is 32.7 Å². The van der Waals surface area contributed by atoms with Crippen LogP contribution in [0.3, 0.4) is 0 Å². The monoisotopic (exact) mass is 221 g/mol. The zero-order chi connectivity index (χ0) is 11.4. The van der Waals surface area contributed by atoms with Gasteiger partial charge in [-0.25, -0.2) is 4.39 Å². The van der Waals surface area contributed by atoms with Gasteiger partial charge in [-0.1, -0.05) is 25.5 Å². The quantitative estimate of drug-likeness (QED) is 0.822. The summed E-state index contributed by atoms with van der Waals surface area (Å²) in [5.41, 5.74) is 1.03. The second-order valence-electron chi connectivity index (χ2n) is 5.05. The van der Waals surface area contributed by atoms with Gasteiger partial charge in [-0.05, 0) is 48.9 Å². The standard InChI is InChI=1S/C14H20FN/c1-11-5-6-13(7-11)10-16-9-12-3-2-4-14(15)8-12/h2-4,8,11,13,16H,5-7,9-10H2,1H3. The molecule has 0 spiro atoms. The molecule has 2 unspecified atom stereocenters. The number of benzene rings is 1. The predicted octanol–water partition coefficient (Wildman–Crippen LogP) is 3.35. The molecule has 0 amide bonds. The van der Waals surface area contributed by atoms with E-state index in [4.69, 9.17) is 0 Å². The SMILES string of the molecule is CC1CCC(CNCc2cccc(F)c2)C1. The molecule has 0 aromatic heterocycles. The van der Waals surface area contributed by atoms with Crippen molar-refractivity contribution in [2.24, 2.45) is 11.8 Å². The van der Waals surface area contributed by atoms with E-state index < -0.39 is 0 Å². The maximum absolute atomic E-state index is 12.9. The van der Waals surface area contributed by atoms with Crippen LogP contribution in [0.25, 0.3) is 0 Å². The van der Waals surface area contributed by atoms with E-state index in [1.54, 1.807) is 12.1 Å². The number of halogens is 1. The highest BCUT2D eigenvalue weighted by Gasteiger charge is 2.20. The van der Waals surface area contributed by atoms with Gasteiger partial charge in [0.15, 0.2) is 0 Å². The number of hydrogen-bond donors (Lipinski definition) is 1. The van der Waals surface area contributed by atoms with E-state index >= 15 is 0 Å². The molecule has 1 saturated carbocycles. The molecule has 2 atom stereocenters. The Hall–Kier alpha value is -0.890. The lowest BCUT2D eigenvalue weighted by molar-refractivity contribution is 0.470. The average molecular weight is 221 g/mol. The molecule has 88 valence electrons. The molecule has 0 aliphatic heterocycles. The summed E-state index contributed by atoms with van der Waals surface area (Å²) >= 11 is 0. The largest absolute Gasteiger partial charge is 0.312 e. The van der Waals surface area contributed by atoms with E-state index in [1.165, 1.54) is 25.3 Å². The molecular weight excluding hydrogens is 201 g/mol. The summed E-state index contributed by atoms with van der Waals surface area (Å²) in [7, 11) is 0. The Bertz CT molecular complexity index is 337. The topological polar surface area (TPSA) is 12.0 Å². The van der Waals surface area contributed by atoms with E-state index in [-0.39, 0.29) is 5.82 Å². The molecular formula is C14H20FN. The van der Waals surface area contributed by atoms with Crippen LogP contribution in [0.4, 0.5) is 4.39 Å². The summed E-state index contributed by atoms with van der Waals surface area (Å²) in [4.78, 5) is 0. The van der Waals surface area contributed by atoms with E-state index in [9.17, 15) is 4.39 Å². The first-order valence-electron chi connectivity index (χ1n) is 6.19. The normalized spacial score (nSPS) is 24.9. The van der Waals surface area contributed by atoms with Crippen LogP contribution in [-0.4, -0.2) is 6.54 Å². The van der Waals surface area contributed by atoms with Gasteiger partial charge < -0.3 is 5.32 Å². The predicted molar refractivity (Wildman–Crippen MR) is 64.6 cm³/mol. The van der Waals surface area contributed by atoms with Gasteiger partial charge in [0.25, 0.3) is 0 Å². The molecule has 2 rings (SSSR count). The highest BCUT2D eigenvalue weighted by atomic mass is 19.1. The van der Waals surface area contributed by atoms with Crippen molar-refractivity contribution >= 4 is 0 Å². The van der Waals surface area contributed by atoms with Gasteiger partial charge in [-0.15, -0.1) is 0 Å². The lowest BCUT2D eigenvalue weighted by atomic mass is 10.1. The molecule has 2 heteroatoms. The van der Waals surface area contributed by atoms with Crippen LogP contribution in [0.15, 0.2) is 24.3 Å². The fraction of sp³-hybridized carbons (Fsp3) is 0.571. The van der Waals surface area contributed by atoms with Crippen molar-refractivity contribution in [1.29, 1.82) is 0 Å². The van der Waals surface area contributed by atoms with Crippen LogP contribution < -0.4 is 5.32 Å². The van der Waals surface area contributed by atoms with Crippen LogP contribution in [0.1, 0.15) is 31.7 Å². The molecule has 1 aliphatic carbocycles. The first-order valence-corrected chi connectivity index (χ1v) is 6.19. The first kappa shape index (κ1) is 11.6. The van der Waals surface area contributed by atoms with Crippen molar-refractivity contribution in [3.63, 3.8) is 0 Å². The number of nitrogens with one attached hydrogen (secondary N) is 1. The van der Waals surface area contributed by atoms with Gasteiger partial charge in [-0.3, -0.25) is 0 Å². The lowest BCUT2D eigenvalue weighted by Gasteiger charge is -2.11. The number of hydrogen-bond acceptors (Lipinski definition) is 1. The third-order valence-corrected chi connectivity index (χ3v) is 3.45. The Morgan fingerprint density at radius 1 is 1.38 bits per heavy atom. The minimum atomic E-state index is -0.145. The van der Waals surface area contributed by atoms with Crippen molar-refractivity contribution in [1.82, 2.24) is 5.32 Å². The van der Waals surface area contributed by atoms with Crippen LogP contribution in [-0.2, 0) is 6.54 Å². The summed E-state index contributed by atoms with van der Waals surface area (Å²) < 4.78 is 12.9. The van der Waals surface area contributed by atoms with Crippen LogP contribution in [0.5, 0.6) is 0 Å². The molecule has 0 saturated heterocycles. The molecule has 0 heterocycles. The maximum Gasteiger partial charge on any atom is 0.123 e. The fourth-order valence-corrected chi connectivity index (χ4v) is 2.58.